The van der Waals surface area contributed by atoms with Crippen molar-refractivity contribution in [3.8, 4) is 0 Å². The molecule has 1 atom stereocenters. The first-order valence-corrected chi connectivity index (χ1v) is 5.75. The van der Waals surface area contributed by atoms with Crippen LogP contribution in [0.15, 0.2) is 0 Å². The van der Waals surface area contributed by atoms with Crippen molar-refractivity contribution in [2.24, 2.45) is 5.73 Å². The van der Waals surface area contributed by atoms with Crippen molar-refractivity contribution in [3.05, 3.63) is 0 Å². The zero-order valence-corrected chi connectivity index (χ0v) is 9.19. The summed E-state index contributed by atoms with van der Waals surface area (Å²) >= 11 is 1.88. The van der Waals surface area contributed by atoms with Crippen LogP contribution < -0.4 is 5.73 Å². The van der Waals surface area contributed by atoms with Crippen molar-refractivity contribution in [1.29, 1.82) is 0 Å². The van der Waals surface area contributed by atoms with Gasteiger partial charge in [-0.25, -0.2) is 0 Å². The topological polar surface area (TPSA) is 55.5 Å². The van der Waals surface area contributed by atoms with Gasteiger partial charge in [0, 0.05) is 7.11 Å². The first-order valence-electron chi connectivity index (χ1n) is 4.60. The van der Waals surface area contributed by atoms with Crippen molar-refractivity contribution in [2.75, 3.05) is 25.2 Å². The second-order valence-electron chi connectivity index (χ2n) is 3.99. The van der Waals surface area contributed by atoms with Crippen LogP contribution in [0.3, 0.4) is 0 Å². The molecule has 0 amide bonds. The minimum Gasteiger partial charge on any atom is -0.388 e. The fourth-order valence-corrected chi connectivity index (χ4v) is 2.88. The summed E-state index contributed by atoms with van der Waals surface area (Å²) in [6, 6.07) is 0. The fraction of sp³-hybridized carbons (Fsp3) is 1.00. The summed E-state index contributed by atoms with van der Waals surface area (Å²) < 4.78 is 5.03. The maximum absolute atomic E-state index is 10.3. The molecule has 1 saturated heterocycles. The lowest BCUT2D eigenvalue weighted by Gasteiger charge is -2.44. The minimum atomic E-state index is -0.742. The number of aliphatic hydroxyl groups is 1. The van der Waals surface area contributed by atoms with Crippen LogP contribution in [-0.2, 0) is 4.74 Å². The molecule has 3 nitrogen and oxygen atoms in total. The molecule has 0 radical (unpaired) electrons. The standard InChI is InChI=1S/C9H19NO2S/c1-8(10,7-12-2)9(11)3-5-13-6-4-9/h11H,3-7,10H2,1-2H3. The predicted molar refractivity (Wildman–Crippen MR) is 56.0 cm³/mol. The van der Waals surface area contributed by atoms with E-state index in [9.17, 15) is 5.11 Å². The highest BCUT2D eigenvalue weighted by molar-refractivity contribution is 7.99. The summed E-state index contributed by atoms with van der Waals surface area (Å²) in [5.74, 6) is 1.99. The summed E-state index contributed by atoms with van der Waals surface area (Å²) in [4.78, 5) is 0. The van der Waals surface area contributed by atoms with Crippen molar-refractivity contribution >= 4 is 11.8 Å². The van der Waals surface area contributed by atoms with Gasteiger partial charge in [0.25, 0.3) is 0 Å². The molecule has 0 aromatic rings. The van der Waals surface area contributed by atoms with E-state index in [2.05, 4.69) is 0 Å². The Bertz CT molecular complexity index is 167. The van der Waals surface area contributed by atoms with Gasteiger partial charge in [-0.15, -0.1) is 0 Å². The highest BCUT2D eigenvalue weighted by Crippen LogP contribution is 2.34. The predicted octanol–water partition coefficient (Wildman–Crippen LogP) is 0.608. The molecule has 1 aliphatic heterocycles. The van der Waals surface area contributed by atoms with Gasteiger partial charge in [-0.2, -0.15) is 11.8 Å². The van der Waals surface area contributed by atoms with E-state index in [1.54, 1.807) is 7.11 Å². The van der Waals surface area contributed by atoms with Crippen LogP contribution in [0, 0.1) is 0 Å². The lowest BCUT2D eigenvalue weighted by Crippen LogP contribution is -2.62. The molecule has 1 unspecified atom stereocenters. The first-order chi connectivity index (χ1) is 6.02. The highest BCUT2D eigenvalue weighted by atomic mass is 32.2. The molecule has 78 valence electrons. The number of hydrogen-bond acceptors (Lipinski definition) is 4. The van der Waals surface area contributed by atoms with Gasteiger partial charge < -0.3 is 15.6 Å². The third-order valence-corrected chi connectivity index (χ3v) is 3.81. The highest BCUT2D eigenvalue weighted by Gasteiger charge is 2.44. The van der Waals surface area contributed by atoms with Crippen LogP contribution in [0.5, 0.6) is 0 Å². The zero-order valence-electron chi connectivity index (χ0n) is 8.38. The molecule has 1 aliphatic rings. The van der Waals surface area contributed by atoms with Gasteiger partial charge in [-0.3, -0.25) is 0 Å². The molecule has 0 aliphatic carbocycles. The lowest BCUT2D eigenvalue weighted by atomic mass is 9.78. The Balaban J connectivity index is 2.64. The van der Waals surface area contributed by atoms with Gasteiger partial charge in [0.05, 0.1) is 17.7 Å². The van der Waals surface area contributed by atoms with Crippen molar-refractivity contribution in [3.63, 3.8) is 0 Å². The molecule has 0 spiro atoms. The maximum Gasteiger partial charge on any atom is 0.0861 e. The number of ether oxygens (including phenoxy) is 1. The largest absolute Gasteiger partial charge is 0.388 e. The second-order valence-corrected chi connectivity index (χ2v) is 5.22. The number of hydrogen-bond donors (Lipinski definition) is 2. The van der Waals surface area contributed by atoms with Crippen LogP contribution in [0.25, 0.3) is 0 Å². The summed E-state index contributed by atoms with van der Waals surface area (Å²) in [5.41, 5.74) is 4.69. The monoisotopic (exact) mass is 205 g/mol. The zero-order chi connectivity index (χ0) is 9.95. The molecule has 1 rings (SSSR count). The Hall–Kier alpha value is 0.230. The molecule has 0 aromatic carbocycles. The van der Waals surface area contributed by atoms with E-state index in [1.165, 1.54) is 0 Å². The van der Waals surface area contributed by atoms with E-state index >= 15 is 0 Å². The first kappa shape index (κ1) is 11.3. The van der Waals surface area contributed by atoms with Gasteiger partial charge in [0.15, 0.2) is 0 Å². The van der Waals surface area contributed by atoms with Gasteiger partial charge >= 0.3 is 0 Å². The normalized spacial score (nSPS) is 26.8. The van der Waals surface area contributed by atoms with E-state index in [4.69, 9.17) is 10.5 Å². The average Bonchev–Trinajstić information content (AvgIpc) is 2.05. The molecule has 1 heterocycles. The molecule has 0 aromatic heterocycles. The summed E-state index contributed by atoms with van der Waals surface area (Å²) in [6.45, 7) is 2.28. The number of methoxy groups -OCH3 is 1. The molecule has 0 saturated carbocycles. The molecule has 13 heavy (non-hydrogen) atoms. The summed E-state index contributed by atoms with van der Waals surface area (Å²) in [6.07, 6.45) is 1.54. The number of thioether (sulfide) groups is 1. The van der Waals surface area contributed by atoms with Crippen LogP contribution in [0.4, 0.5) is 0 Å². The lowest BCUT2D eigenvalue weighted by molar-refractivity contribution is -0.0629. The van der Waals surface area contributed by atoms with E-state index in [0.717, 1.165) is 24.3 Å². The van der Waals surface area contributed by atoms with Crippen LogP contribution in [0.2, 0.25) is 0 Å². The fourth-order valence-electron chi connectivity index (χ4n) is 1.71. The van der Waals surface area contributed by atoms with Crippen molar-refractivity contribution in [2.45, 2.75) is 30.9 Å². The Morgan fingerprint density at radius 2 is 2.08 bits per heavy atom. The summed E-state index contributed by atoms with van der Waals surface area (Å²) in [5, 5.41) is 10.3. The molecule has 3 N–H and O–H groups in total. The third-order valence-electron chi connectivity index (χ3n) is 2.83. The summed E-state index contributed by atoms with van der Waals surface area (Å²) in [7, 11) is 1.62. The van der Waals surface area contributed by atoms with Crippen molar-refractivity contribution in [1.82, 2.24) is 0 Å². The molecule has 1 fully saturated rings. The molecular weight excluding hydrogens is 186 g/mol. The van der Waals surface area contributed by atoms with Gasteiger partial charge in [0.1, 0.15) is 0 Å². The van der Waals surface area contributed by atoms with Gasteiger partial charge in [0.2, 0.25) is 0 Å². The molecule has 0 bridgehead atoms. The van der Waals surface area contributed by atoms with E-state index < -0.39 is 11.1 Å². The van der Waals surface area contributed by atoms with Crippen LogP contribution in [-0.4, -0.2) is 41.5 Å². The Labute approximate surface area is 84.0 Å². The van der Waals surface area contributed by atoms with Gasteiger partial charge in [-0.1, -0.05) is 0 Å². The quantitative estimate of drug-likeness (QED) is 0.709. The molecule has 4 heteroatoms. The van der Waals surface area contributed by atoms with Gasteiger partial charge in [-0.05, 0) is 31.3 Å². The smallest absolute Gasteiger partial charge is 0.0861 e. The maximum atomic E-state index is 10.3. The third kappa shape index (κ3) is 2.37. The van der Waals surface area contributed by atoms with Crippen molar-refractivity contribution < 1.29 is 9.84 Å². The van der Waals surface area contributed by atoms with Crippen LogP contribution >= 0.6 is 11.8 Å². The van der Waals surface area contributed by atoms with E-state index in [1.807, 2.05) is 18.7 Å². The SMILES string of the molecule is COCC(C)(N)C1(O)CCSCC1. The number of nitrogens with two attached hydrogens (primary N) is 1. The Morgan fingerprint density at radius 3 is 2.54 bits per heavy atom. The van der Waals surface area contributed by atoms with E-state index in [0.29, 0.717) is 6.61 Å². The van der Waals surface area contributed by atoms with Crippen LogP contribution in [0.1, 0.15) is 19.8 Å². The average molecular weight is 205 g/mol. The minimum absolute atomic E-state index is 0.411. The Morgan fingerprint density at radius 1 is 1.54 bits per heavy atom. The second kappa shape index (κ2) is 4.17. The Kier molecular flexibility index (Phi) is 3.63. The number of rotatable bonds is 3. The molecular formula is C9H19NO2S. The van der Waals surface area contributed by atoms with E-state index in [-0.39, 0.29) is 0 Å².